The molecule has 3 rings (SSSR count). The van der Waals surface area contributed by atoms with Crippen LogP contribution in [0.25, 0.3) is 10.7 Å². The SMILES string of the molecule is CS(=O)(=O)N(CC(=O)NCc1nc(-c2cccs2)no1)c1ccccc1Cl. The molecule has 0 bridgehead atoms. The van der Waals surface area contributed by atoms with E-state index in [0.717, 1.165) is 15.4 Å². The highest BCUT2D eigenvalue weighted by Gasteiger charge is 2.23. The summed E-state index contributed by atoms with van der Waals surface area (Å²) in [6, 6.07) is 10.1. The molecule has 27 heavy (non-hydrogen) atoms. The fourth-order valence-electron chi connectivity index (χ4n) is 2.23. The largest absolute Gasteiger partial charge is 0.345 e. The molecule has 11 heteroatoms. The molecule has 142 valence electrons. The number of nitrogens with one attached hydrogen (secondary N) is 1. The van der Waals surface area contributed by atoms with E-state index < -0.39 is 22.5 Å². The number of thiophene rings is 1. The number of rotatable bonds is 7. The lowest BCUT2D eigenvalue weighted by atomic mass is 10.3. The van der Waals surface area contributed by atoms with Crippen LogP contribution in [-0.4, -0.2) is 37.3 Å². The minimum Gasteiger partial charge on any atom is -0.345 e. The number of carbonyl (C=O) groups excluding carboxylic acids is 1. The van der Waals surface area contributed by atoms with E-state index in [2.05, 4.69) is 15.5 Å². The normalized spacial score (nSPS) is 11.3. The summed E-state index contributed by atoms with van der Waals surface area (Å²) in [5.74, 6) is 0.120. The van der Waals surface area contributed by atoms with Crippen molar-refractivity contribution in [2.24, 2.45) is 0 Å². The Bertz CT molecular complexity index is 1030. The van der Waals surface area contributed by atoms with Gasteiger partial charge >= 0.3 is 0 Å². The van der Waals surface area contributed by atoms with E-state index in [9.17, 15) is 13.2 Å². The molecule has 0 atom stereocenters. The minimum atomic E-state index is -3.71. The van der Waals surface area contributed by atoms with Crippen molar-refractivity contribution < 1.29 is 17.7 Å². The number of carbonyl (C=O) groups is 1. The van der Waals surface area contributed by atoms with Gasteiger partial charge in [-0.1, -0.05) is 35.0 Å². The Morgan fingerprint density at radius 2 is 2.07 bits per heavy atom. The molecule has 0 saturated carbocycles. The quantitative estimate of drug-likeness (QED) is 0.622. The third-order valence-corrected chi connectivity index (χ3v) is 5.77. The second kappa shape index (κ2) is 8.07. The first-order valence-electron chi connectivity index (χ1n) is 7.70. The Balaban J connectivity index is 1.66. The highest BCUT2D eigenvalue weighted by molar-refractivity contribution is 7.92. The zero-order valence-electron chi connectivity index (χ0n) is 14.1. The Hall–Kier alpha value is -2.43. The zero-order valence-corrected chi connectivity index (χ0v) is 16.5. The standard InChI is InChI=1S/C16H15ClN4O4S2/c1-27(23,24)21(12-6-3-2-5-11(12)17)10-14(22)18-9-15-19-16(20-25-15)13-7-4-8-26-13/h2-8H,9-10H2,1H3,(H,18,22). The van der Waals surface area contributed by atoms with Gasteiger partial charge in [0.05, 0.1) is 28.4 Å². The van der Waals surface area contributed by atoms with E-state index in [4.69, 9.17) is 16.1 Å². The van der Waals surface area contributed by atoms with Gasteiger partial charge in [-0.05, 0) is 23.6 Å². The van der Waals surface area contributed by atoms with Gasteiger partial charge < -0.3 is 9.84 Å². The summed E-state index contributed by atoms with van der Waals surface area (Å²) in [6.07, 6.45) is 1.01. The molecule has 8 nitrogen and oxygen atoms in total. The van der Waals surface area contributed by atoms with Crippen molar-refractivity contribution in [1.29, 1.82) is 0 Å². The number of aromatic nitrogens is 2. The molecule has 0 aliphatic carbocycles. The van der Waals surface area contributed by atoms with Crippen LogP contribution in [0.4, 0.5) is 5.69 Å². The number of sulfonamides is 1. The number of halogens is 1. The van der Waals surface area contributed by atoms with Gasteiger partial charge in [0.15, 0.2) is 0 Å². The van der Waals surface area contributed by atoms with E-state index in [-0.39, 0.29) is 23.1 Å². The summed E-state index contributed by atoms with van der Waals surface area (Å²) in [5.41, 5.74) is 0.231. The number of amides is 1. The second-order valence-corrected chi connectivity index (χ2v) is 8.75. The average Bonchev–Trinajstić information content (AvgIpc) is 3.29. The van der Waals surface area contributed by atoms with E-state index >= 15 is 0 Å². The molecular weight excluding hydrogens is 412 g/mol. The summed E-state index contributed by atoms with van der Waals surface area (Å²) in [7, 11) is -3.71. The number of nitrogens with zero attached hydrogens (tertiary/aromatic N) is 3. The van der Waals surface area contributed by atoms with Crippen LogP contribution < -0.4 is 9.62 Å². The maximum atomic E-state index is 12.2. The fraction of sp³-hybridized carbons (Fsp3) is 0.188. The maximum Gasteiger partial charge on any atom is 0.246 e. The smallest absolute Gasteiger partial charge is 0.246 e. The van der Waals surface area contributed by atoms with Crippen LogP contribution in [0.3, 0.4) is 0 Å². The van der Waals surface area contributed by atoms with Gasteiger partial charge in [0, 0.05) is 0 Å². The monoisotopic (exact) mass is 426 g/mol. The molecule has 1 N–H and O–H groups in total. The van der Waals surface area contributed by atoms with Gasteiger partial charge in [0.25, 0.3) is 0 Å². The lowest BCUT2D eigenvalue weighted by Crippen LogP contribution is -2.40. The number of anilines is 1. The summed E-state index contributed by atoms with van der Waals surface area (Å²) in [5, 5.41) is 8.53. The van der Waals surface area contributed by atoms with Crippen molar-refractivity contribution in [3.8, 4) is 10.7 Å². The molecule has 2 aromatic heterocycles. The van der Waals surface area contributed by atoms with Gasteiger partial charge in [-0.3, -0.25) is 9.10 Å². The number of hydrogen-bond donors (Lipinski definition) is 1. The topological polar surface area (TPSA) is 105 Å². The Labute approximate surface area is 164 Å². The Morgan fingerprint density at radius 1 is 1.30 bits per heavy atom. The van der Waals surface area contributed by atoms with Crippen LogP contribution in [0, 0.1) is 0 Å². The lowest BCUT2D eigenvalue weighted by Gasteiger charge is -2.22. The third kappa shape index (κ3) is 4.85. The molecular formula is C16H15ClN4O4S2. The highest BCUT2D eigenvalue weighted by Crippen LogP contribution is 2.27. The van der Waals surface area contributed by atoms with Crippen molar-refractivity contribution in [2.75, 3.05) is 17.1 Å². The third-order valence-electron chi connectivity index (χ3n) is 3.46. The van der Waals surface area contributed by atoms with Crippen LogP contribution in [0.15, 0.2) is 46.3 Å². The molecule has 0 spiro atoms. The molecule has 3 aromatic rings. The first-order chi connectivity index (χ1) is 12.8. The predicted molar refractivity (Wildman–Crippen MR) is 103 cm³/mol. The summed E-state index contributed by atoms with van der Waals surface area (Å²) >= 11 is 7.53. The van der Waals surface area contributed by atoms with Gasteiger partial charge in [-0.15, -0.1) is 11.3 Å². The van der Waals surface area contributed by atoms with Crippen LogP contribution in [0.5, 0.6) is 0 Å². The van der Waals surface area contributed by atoms with Gasteiger partial charge in [0.2, 0.25) is 27.6 Å². The molecule has 0 aliphatic heterocycles. The van der Waals surface area contributed by atoms with Crippen molar-refractivity contribution in [3.05, 3.63) is 52.7 Å². The number of para-hydroxylation sites is 1. The molecule has 0 fully saturated rings. The van der Waals surface area contributed by atoms with E-state index in [1.807, 2.05) is 17.5 Å². The van der Waals surface area contributed by atoms with Gasteiger partial charge in [-0.2, -0.15) is 4.98 Å². The number of hydrogen-bond acceptors (Lipinski definition) is 7. The molecule has 0 aliphatic rings. The first-order valence-corrected chi connectivity index (χ1v) is 10.8. The van der Waals surface area contributed by atoms with E-state index in [0.29, 0.717) is 5.82 Å². The fourth-order valence-corrected chi connectivity index (χ4v) is 4.03. The van der Waals surface area contributed by atoms with Gasteiger partial charge in [0.1, 0.15) is 6.54 Å². The van der Waals surface area contributed by atoms with Crippen LogP contribution >= 0.6 is 22.9 Å². The molecule has 2 heterocycles. The molecule has 1 amide bonds. The Morgan fingerprint density at radius 3 is 2.74 bits per heavy atom. The van der Waals surface area contributed by atoms with E-state index in [1.54, 1.807) is 18.2 Å². The van der Waals surface area contributed by atoms with Crippen LogP contribution in [0.1, 0.15) is 5.89 Å². The molecule has 1 aromatic carbocycles. The van der Waals surface area contributed by atoms with Crippen molar-refractivity contribution >= 4 is 44.6 Å². The minimum absolute atomic E-state index is 0.0165. The highest BCUT2D eigenvalue weighted by atomic mass is 35.5. The molecule has 0 saturated heterocycles. The van der Waals surface area contributed by atoms with Crippen LogP contribution in [-0.2, 0) is 21.4 Å². The lowest BCUT2D eigenvalue weighted by molar-refractivity contribution is -0.119. The van der Waals surface area contributed by atoms with E-state index in [1.165, 1.54) is 17.4 Å². The molecule has 0 unspecified atom stereocenters. The molecule has 0 radical (unpaired) electrons. The summed E-state index contributed by atoms with van der Waals surface area (Å²) < 4.78 is 30.2. The number of benzene rings is 1. The zero-order chi connectivity index (χ0) is 19.4. The van der Waals surface area contributed by atoms with Crippen LogP contribution in [0.2, 0.25) is 5.02 Å². The average molecular weight is 427 g/mol. The van der Waals surface area contributed by atoms with Crippen molar-refractivity contribution in [1.82, 2.24) is 15.5 Å². The summed E-state index contributed by atoms with van der Waals surface area (Å²) in [6.45, 7) is -0.439. The predicted octanol–water partition coefficient (Wildman–Crippen LogP) is 2.53. The van der Waals surface area contributed by atoms with Gasteiger partial charge in [-0.25, -0.2) is 8.42 Å². The Kier molecular flexibility index (Phi) is 5.78. The second-order valence-electron chi connectivity index (χ2n) is 5.49. The van der Waals surface area contributed by atoms with Crippen molar-refractivity contribution in [2.45, 2.75) is 6.54 Å². The summed E-state index contributed by atoms with van der Waals surface area (Å²) in [4.78, 5) is 17.3. The maximum absolute atomic E-state index is 12.2. The first kappa shape index (κ1) is 19.3. The van der Waals surface area contributed by atoms with Crippen molar-refractivity contribution in [3.63, 3.8) is 0 Å².